The first-order chi connectivity index (χ1) is 13.1. The second-order valence-corrected chi connectivity index (χ2v) is 7.19. The molecule has 1 amide bonds. The van der Waals surface area contributed by atoms with Crippen LogP contribution >= 0.6 is 22.9 Å². The topological polar surface area (TPSA) is 59.8 Å². The van der Waals surface area contributed by atoms with Gasteiger partial charge in [0.2, 0.25) is 0 Å². The van der Waals surface area contributed by atoms with Crippen molar-refractivity contribution in [3.8, 4) is 10.6 Å². The zero-order valence-electron chi connectivity index (χ0n) is 14.2. The van der Waals surface area contributed by atoms with Crippen molar-refractivity contribution in [3.05, 3.63) is 64.4 Å². The van der Waals surface area contributed by atoms with E-state index in [4.69, 9.17) is 11.6 Å². The number of amides is 1. The maximum Gasteiger partial charge on any atom is 0.256 e. The number of aromatic nitrogens is 3. The lowest BCUT2D eigenvalue weighted by Crippen LogP contribution is -2.14. The number of anilines is 1. The molecular formula is C19H14ClFN4OS. The zero-order chi connectivity index (χ0) is 19.0. The van der Waals surface area contributed by atoms with Gasteiger partial charge in [0.1, 0.15) is 5.82 Å². The Morgan fingerprint density at radius 1 is 1.33 bits per heavy atom. The van der Waals surface area contributed by atoms with Crippen LogP contribution in [0.3, 0.4) is 0 Å². The number of pyridine rings is 1. The first-order valence-electron chi connectivity index (χ1n) is 8.23. The molecule has 0 aliphatic carbocycles. The molecule has 3 heterocycles. The predicted molar refractivity (Wildman–Crippen MR) is 106 cm³/mol. The molecule has 4 aromatic rings. The van der Waals surface area contributed by atoms with Crippen molar-refractivity contribution in [3.63, 3.8) is 0 Å². The lowest BCUT2D eigenvalue weighted by Gasteiger charge is -2.09. The Morgan fingerprint density at radius 2 is 2.19 bits per heavy atom. The van der Waals surface area contributed by atoms with Gasteiger partial charge >= 0.3 is 0 Å². The molecule has 3 aromatic heterocycles. The number of carbonyl (C=O) groups excluding carboxylic acids is 1. The molecule has 4 rings (SSSR count). The number of benzene rings is 1. The van der Waals surface area contributed by atoms with Crippen LogP contribution in [0.4, 0.5) is 10.1 Å². The van der Waals surface area contributed by atoms with Gasteiger partial charge in [-0.15, -0.1) is 11.3 Å². The molecule has 0 saturated carbocycles. The number of fused-ring (bicyclic) bond motifs is 1. The molecule has 0 aliphatic rings. The highest BCUT2D eigenvalue weighted by atomic mass is 35.5. The molecule has 136 valence electrons. The van der Waals surface area contributed by atoms with E-state index in [1.807, 2.05) is 24.4 Å². The highest BCUT2D eigenvalue weighted by Gasteiger charge is 2.18. The number of halogens is 2. The third kappa shape index (κ3) is 3.31. The van der Waals surface area contributed by atoms with Crippen molar-refractivity contribution in [1.82, 2.24) is 14.8 Å². The van der Waals surface area contributed by atoms with Crippen LogP contribution in [0.15, 0.2) is 48.0 Å². The van der Waals surface area contributed by atoms with Gasteiger partial charge in [-0.1, -0.05) is 17.7 Å². The number of thiophene rings is 1. The highest BCUT2D eigenvalue weighted by Crippen LogP contribution is 2.29. The summed E-state index contributed by atoms with van der Waals surface area (Å²) >= 11 is 7.44. The number of nitrogens with zero attached hydrogens (tertiary/aromatic N) is 3. The van der Waals surface area contributed by atoms with Gasteiger partial charge in [0.25, 0.3) is 5.91 Å². The second kappa shape index (κ2) is 7.09. The van der Waals surface area contributed by atoms with Gasteiger partial charge in [-0.25, -0.2) is 14.1 Å². The van der Waals surface area contributed by atoms with E-state index in [0.29, 0.717) is 33.9 Å². The van der Waals surface area contributed by atoms with E-state index in [9.17, 15) is 9.18 Å². The van der Waals surface area contributed by atoms with Crippen LogP contribution in [-0.2, 0) is 6.54 Å². The minimum absolute atomic E-state index is 0.0259. The Kier molecular flexibility index (Phi) is 4.63. The second-order valence-electron chi connectivity index (χ2n) is 5.81. The average Bonchev–Trinajstić information content (AvgIpc) is 3.33. The average molecular weight is 401 g/mol. The maximum atomic E-state index is 14.0. The van der Waals surface area contributed by atoms with Crippen molar-refractivity contribution >= 4 is 45.6 Å². The van der Waals surface area contributed by atoms with Crippen molar-refractivity contribution < 1.29 is 9.18 Å². The minimum atomic E-state index is -0.555. The van der Waals surface area contributed by atoms with E-state index in [-0.39, 0.29) is 5.69 Å². The number of carbonyl (C=O) groups is 1. The Labute approximate surface area is 163 Å². The predicted octanol–water partition coefficient (Wildman–Crippen LogP) is 5.22. The SMILES string of the molecule is CCn1ncc2c(C(=O)Nc3cc(Cl)ccc3F)cc(-c3cccs3)nc21. The monoisotopic (exact) mass is 400 g/mol. The summed E-state index contributed by atoms with van der Waals surface area (Å²) in [5.74, 6) is -1.00. The van der Waals surface area contributed by atoms with Gasteiger partial charge < -0.3 is 5.32 Å². The fourth-order valence-electron chi connectivity index (χ4n) is 2.80. The van der Waals surface area contributed by atoms with E-state index in [1.54, 1.807) is 16.9 Å². The van der Waals surface area contributed by atoms with Crippen LogP contribution in [0, 0.1) is 5.82 Å². The summed E-state index contributed by atoms with van der Waals surface area (Å²) in [5, 5.41) is 9.79. The van der Waals surface area contributed by atoms with Crippen molar-refractivity contribution in [2.75, 3.05) is 5.32 Å². The summed E-state index contributed by atoms with van der Waals surface area (Å²) in [6.07, 6.45) is 1.60. The van der Waals surface area contributed by atoms with Gasteiger partial charge in [-0.3, -0.25) is 4.79 Å². The first-order valence-corrected chi connectivity index (χ1v) is 9.49. The highest BCUT2D eigenvalue weighted by molar-refractivity contribution is 7.13. The number of aryl methyl sites for hydroxylation is 1. The number of rotatable bonds is 4. The maximum absolute atomic E-state index is 14.0. The largest absolute Gasteiger partial charge is 0.319 e. The van der Waals surface area contributed by atoms with Crippen LogP contribution < -0.4 is 5.32 Å². The first kappa shape index (κ1) is 17.6. The molecule has 0 saturated heterocycles. The number of nitrogens with one attached hydrogen (secondary N) is 1. The minimum Gasteiger partial charge on any atom is -0.319 e. The molecule has 0 spiro atoms. The van der Waals surface area contributed by atoms with E-state index < -0.39 is 11.7 Å². The third-order valence-corrected chi connectivity index (χ3v) is 5.23. The van der Waals surface area contributed by atoms with Gasteiger partial charge in [-0.05, 0) is 42.6 Å². The molecule has 0 unspecified atom stereocenters. The zero-order valence-corrected chi connectivity index (χ0v) is 15.8. The molecule has 0 fully saturated rings. The van der Waals surface area contributed by atoms with Crippen molar-refractivity contribution in [2.45, 2.75) is 13.5 Å². The molecule has 0 radical (unpaired) electrons. The lowest BCUT2D eigenvalue weighted by atomic mass is 10.1. The van der Waals surface area contributed by atoms with Gasteiger partial charge in [0.15, 0.2) is 5.65 Å². The molecule has 0 aliphatic heterocycles. The summed E-state index contributed by atoms with van der Waals surface area (Å²) in [6.45, 7) is 2.57. The Morgan fingerprint density at radius 3 is 2.93 bits per heavy atom. The fourth-order valence-corrected chi connectivity index (χ4v) is 3.66. The van der Waals surface area contributed by atoms with Crippen LogP contribution in [0.5, 0.6) is 0 Å². The summed E-state index contributed by atoms with van der Waals surface area (Å²) < 4.78 is 15.7. The molecular weight excluding hydrogens is 387 g/mol. The van der Waals surface area contributed by atoms with Crippen LogP contribution in [0.1, 0.15) is 17.3 Å². The smallest absolute Gasteiger partial charge is 0.256 e. The molecule has 27 heavy (non-hydrogen) atoms. The summed E-state index contributed by atoms with van der Waals surface area (Å²) in [5.41, 5.74) is 1.69. The van der Waals surface area contributed by atoms with Crippen molar-refractivity contribution in [1.29, 1.82) is 0 Å². The number of hydrogen-bond donors (Lipinski definition) is 1. The van der Waals surface area contributed by atoms with Gasteiger partial charge in [0, 0.05) is 11.6 Å². The third-order valence-electron chi connectivity index (χ3n) is 4.10. The normalized spacial score (nSPS) is 11.1. The summed E-state index contributed by atoms with van der Waals surface area (Å²) in [6, 6.07) is 9.58. The van der Waals surface area contributed by atoms with E-state index >= 15 is 0 Å². The van der Waals surface area contributed by atoms with E-state index in [0.717, 1.165) is 4.88 Å². The summed E-state index contributed by atoms with van der Waals surface area (Å²) in [7, 11) is 0. The van der Waals surface area contributed by atoms with E-state index in [1.165, 1.54) is 29.5 Å². The molecule has 1 aromatic carbocycles. The Balaban J connectivity index is 1.83. The van der Waals surface area contributed by atoms with Crippen LogP contribution in [-0.4, -0.2) is 20.7 Å². The molecule has 0 atom stereocenters. The number of hydrogen-bond acceptors (Lipinski definition) is 4. The van der Waals surface area contributed by atoms with Crippen molar-refractivity contribution in [2.24, 2.45) is 0 Å². The van der Waals surface area contributed by atoms with Crippen LogP contribution in [0.2, 0.25) is 5.02 Å². The molecule has 0 bridgehead atoms. The van der Waals surface area contributed by atoms with Gasteiger partial charge in [-0.2, -0.15) is 5.10 Å². The summed E-state index contributed by atoms with van der Waals surface area (Å²) in [4.78, 5) is 18.5. The lowest BCUT2D eigenvalue weighted by molar-refractivity contribution is 0.102. The van der Waals surface area contributed by atoms with Crippen LogP contribution in [0.25, 0.3) is 21.6 Å². The molecule has 5 nitrogen and oxygen atoms in total. The molecule has 1 N–H and O–H groups in total. The standard InChI is InChI=1S/C19H14ClFN4OS/c1-2-25-18-13(10-22-25)12(9-16(23-18)17-4-3-7-27-17)19(26)24-15-8-11(20)5-6-14(15)21/h3-10H,2H2,1H3,(H,24,26). The Hall–Kier alpha value is -2.77. The molecule has 8 heteroatoms. The van der Waals surface area contributed by atoms with Gasteiger partial charge in [0.05, 0.1) is 33.4 Å². The fraction of sp³-hybridized carbons (Fsp3) is 0.105. The quantitative estimate of drug-likeness (QED) is 0.510. The Bertz CT molecular complexity index is 1140. The van der Waals surface area contributed by atoms with E-state index in [2.05, 4.69) is 15.4 Å².